The molecule has 5 nitrogen and oxygen atoms in total. The van der Waals surface area contributed by atoms with E-state index in [9.17, 15) is 9.18 Å². The van der Waals surface area contributed by atoms with Crippen molar-refractivity contribution >= 4 is 40.5 Å². The zero-order valence-electron chi connectivity index (χ0n) is 12.7. The number of esters is 1. The van der Waals surface area contributed by atoms with E-state index in [1.165, 1.54) is 25.3 Å². The van der Waals surface area contributed by atoms with Crippen LogP contribution in [0.3, 0.4) is 0 Å². The van der Waals surface area contributed by atoms with Crippen LogP contribution in [0, 0.1) is 5.82 Å². The van der Waals surface area contributed by atoms with Gasteiger partial charge in [0.05, 0.1) is 34.2 Å². The molecule has 1 aromatic carbocycles. The molecule has 0 fully saturated rings. The third-order valence-electron chi connectivity index (χ3n) is 3.16. The number of pyridine rings is 1. The first-order valence-electron chi connectivity index (χ1n) is 6.47. The molecule has 0 aliphatic heterocycles. The van der Waals surface area contributed by atoms with E-state index in [0.717, 1.165) is 0 Å². The smallest absolute Gasteiger partial charge is 0.358 e. The molecule has 0 aliphatic rings. The van der Waals surface area contributed by atoms with Gasteiger partial charge in [0.2, 0.25) is 0 Å². The van der Waals surface area contributed by atoms with E-state index in [1.807, 2.05) is 0 Å². The van der Waals surface area contributed by atoms with Gasteiger partial charge in [-0.1, -0.05) is 23.2 Å². The summed E-state index contributed by atoms with van der Waals surface area (Å²) in [7, 11) is 4.73. The quantitative estimate of drug-likeness (QED) is 0.849. The molecule has 23 heavy (non-hydrogen) atoms. The SMILES string of the molecule is COC(=O)c1nc(-c2cc(N(C)C)c(Cl)cc2F)cc(N)c1Cl. The van der Waals surface area contributed by atoms with E-state index in [1.54, 1.807) is 19.0 Å². The van der Waals surface area contributed by atoms with Crippen molar-refractivity contribution in [2.75, 3.05) is 31.8 Å². The van der Waals surface area contributed by atoms with E-state index in [0.29, 0.717) is 5.69 Å². The van der Waals surface area contributed by atoms with Gasteiger partial charge in [0.1, 0.15) is 5.82 Å². The molecule has 0 aliphatic carbocycles. The minimum absolute atomic E-state index is 0.0391. The van der Waals surface area contributed by atoms with Crippen LogP contribution >= 0.6 is 23.2 Å². The Hall–Kier alpha value is -2.05. The number of nitrogens with zero attached hydrogens (tertiary/aromatic N) is 2. The lowest BCUT2D eigenvalue weighted by atomic mass is 10.1. The van der Waals surface area contributed by atoms with E-state index in [4.69, 9.17) is 28.9 Å². The lowest BCUT2D eigenvalue weighted by Crippen LogP contribution is -2.11. The fraction of sp³-hybridized carbons (Fsp3) is 0.200. The van der Waals surface area contributed by atoms with E-state index >= 15 is 0 Å². The lowest BCUT2D eigenvalue weighted by molar-refractivity contribution is 0.0594. The number of carbonyl (C=O) groups excluding carboxylic acids is 1. The second-order valence-corrected chi connectivity index (χ2v) is 5.71. The molecule has 0 bridgehead atoms. The molecular weight excluding hydrogens is 344 g/mol. The van der Waals surface area contributed by atoms with Crippen LogP contribution in [0.5, 0.6) is 0 Å². The van der Waals surface area contributed by atoms with Gasteiger partial charge in [-0.05, 0) is 18.2 Å². The van der Waals surface area contributed by atoms with Crippen LogP contribution in [-0.4, -0.2) is 32.2 Å². The number of anilines is 2. The molecule has 0 amide bonds. The maximum Gasteiger partial charge on any atom is 0.358 e. The third kappa shape index (κ3) is 3.33. The van der Waals surface area contributed by atoms with Crippen LogP contribution in [0.4, 0.5) is 15.8 Å². The molecule has 1 heterocycles. The Morgan fingerprint density at radius 1 is 1.30 bits per heavy atom. The van der Waals surface area contributed by atoms with Gasteiger partial charge in [0.25, 0.3) is 0 Å². The van der Waals surface area contributed by atoms with Gasteiger partial charge in [-0.15, -0.1) is 0 Å². The topological polar surface area (TPSA) is 68.5 Å². The van der Waals surface area contributed by atoms with Crippen molar-refractivity contribution < 1.29 is 13.9 Å². The van der Waals surface area contributed by atoms with Crippen molar-refractivity contribution in [3.05, 3.63) is 39.8 Å². The molecule has 0 saturated heterocycles. The second-order valence-electron chi connectivity index (χ2n) is 4.93. The molecule has 0 saturated carbocycles. The van der Waals surface area contributed by atoms with Crippen LogP contribution in [0.2, 0.25) is 10.0 Å². The van der Waals surface area contributed by atoms with E-state index < -0.39 is 11.8 Å². The van der Waals surface area contributed by atoms with Crippen LogP contribution < -0.4 is 10.6 Å². The Labute approximate surface area is 142 Å². The van der Waals surface area contributed by atoms with Crippen LogP contribution in [0.1, 0.15) is 10.5 Å². The summed E-state index contributed by atoms with van der Waals surface area (Å²) in [6, 6.07) is 4.09. The number of hydrogen-bond acceptors (Lipinski definition) is 5. The highest BCUT2D eigenvalue weighted by atomic mass is 35.5. The fourth-order valence-corrected chi connectivity index (χ4v) is 2.49. The Morgan fingerprint density at radius 2 is 1.96 bits per heavy atom. The van der Waals surface area contributed by atoms with Crippen molar-refractivity contribution in [2.24, 2.45) is 0 Å². The number of hydrogen-bond donors (Lipinski definition) is 1. The highest BCUT2D eigenvalue weighted by molar-refractivity contribution is 6.36. The Balaban J connectivity index is 2.70. The fourth-order valence-electron chi connectivity index (χ4n) is 2.00. The number of aromatic nitrogens is 1. The second kappa shape index (κ2) is 6.60. The van der Waals surface area contributed by atoms with Crippen molar-refractivity contribution in [3.8, 4) is 11.3 Å². The van der Waals surface area contributed by atoms with Crippen LogP contribution in [-0.2, 0) is 4.74 Å². The number of carbonyl (C=O) groups is 1. The highest BCUT2D eigenvalue weighted by Crippen LogP contribution is 2.35. The molecule has 0 spiro atoms. The average molecular weight is 358 g/mol. The average Bonchev–Trinajstić information content (AvgIpc) is 2.49. The zero-order valence-corrected chi connectivity index (χ0v) is 14.2. The number of rotatable bonds is 3. The number of nitrogens with two attached hydrogens (primary N) is 1. The Kier molecular flexibility index (Phi) is 4.97. The summed E-state index contributed by atoms with van der Waals surface area (Å²) in [5.41, 5.74) is 6.61. The van der Waals surface area contributed by atoms with Crippen LogP contribution in [0.25, 0.3) is 11.3 Å². The number of ether oxygens (including phenoxy) is 1. The monoisotopic (exact) mass is 357 g/mol. The molecule has 2 rings (SSSR count). The van der Waals surface area contributed by atoms with E-state index in [-0.39, 0.29) is 32.7 Å². The van der Waals surface area contributed by atoms with Gasteiger partial charge in [0, 0.05) is 19.7 Å². The van der Waals surface area contributed by atoms with Gasteiger partial charge >= 0.3 is 5.97 Å². The molecule has 0 radical (unpaired) electrons. The summed E-state index contributed by atoms with van der Waals surface area (Å²) in [5, 5.41) is 0.217. The normalized spacial score (nSPS) is 10.5. The van der Waals surface area contributed by atoms with Crippen LogP contribution in [0.15, 0.2) is 18.2 Å². The first-order valence-corrected chi connectivity index (χ1v) is 7.23. The predicted octanol–water partition coefficient (Wildman–Crippen LogP) is 3.63. The van der Waals surface area contributed by atoms with Gasteiger partial charge < -0.3 is 15.4 Å². The van der Waals surface area contributed by atoms with E-state index in [2.05, 4.69) is 9.72 Å². The summed E-state index contributed by atoms with van der Waals surface area (Å²) in [5.74, 6) is -1.35. The molecule has 1 aromatic heterocycles. The maximum atomic E-state index is 14.3. The van der Waals surface area contributed by atoms with Crippen molar-refractivity contribution in [3.63, 3.8) is 0 Å². The van der Waals surface area contributed by atoms with Gasteiger partial charge in [-0.25, -0.2) is 14.2 Å². The largest absolute Gasteiger partial charge is 0.464 e. The number of halogens is 3. The lowest BCUT2D eigenvalue weighted by Gasteiger charge is -2.17. The summed E-state index contributed by atoms with van der Waals surface area (Å²) < 4.78 is 18.9. The molecule has 0 atom stereocenters. The Bertz CT molecular complexity index is 782. The predicted molar refractivity (Wildman–Crippen MR) is 89.7 cm³/mol. The summed E-state index contributed by atoms with van der Waals surface area (Å²) >= 11 is 12.0. The minimum Gasteiger partial charge on any atom is -0.464 e. The first kappa shape index (κ1) is 17.3. The summed E-state index contributed by atoms with van der Waals surface area (Å²) in [6.07, 6.45) is 0. The molecule has 2 aromatic rings. The number of methoxy groups -OCH3 is 1. The standard InChI is InChI=1S/C15H14Cl2FN3O2/c1-21(2)12-4-7(9(18)5-8(12)16)11-6-10(19)13(17)14(20-11)15(22)23-3/h4-6H,1-3H3,(H2,19,20). The summed E-state index contributed by atoms with van der Waals surface area (Å²) in [4.78, 5) is 17.5. The molecule has 2 N–H and O–H groups in total. The van der Waals surface area contributed by atoms with Crippen molar-refractivity contribution in [1.82, 2.24) is 4.98 Å². The summed E-state index contributed by atoms with van der Waals surface area (Å²) in [6.45, 7) is 0. The maximum absolute atomic E-state index is 14.3. The Morgan fingerprint density at radius 3 is 2.52 bits per heavy atom. The molecule has 122 valence electrons. The highest BCUT2D eigenvalue weighted by Gasteiger charge is 2.20. The van der Waals surface area contributed by atoms with Gasteiger partial charge in [-0.3, -0.25) is 0 Å². The number of benzene rings is 1. The van der Waals surface area contributed by atoms with Gasteiger partial charge in [-0.2, -0.15) is 0 Å². The first-order chi connectivity index (χ1) is 10.8. The molecule has 8 heteroatoms. The number of nitrogen functional groups attached to an aromatic ring is 1. The third-order valence-corrected chi connectivity index (χ3v) is 3.86. The van der Waals surface area contributed by atoms with Crippen molar-refractivity contribution in [1.29, 1.82) is 0 Å². The van der Waals surface area contributed by atoms with Crippen molar-refractivity contribution in [2.45, 2.75) is 0 Å². The minimum atomic E-state index is -0.759. The zero-order chi connectivity index (χ0) is 17.3. The molecule has 0 unspecified atom stereocenters. The molecular formula is C15H14Cl2FN3O2. The van der Waals surface area contributed by atoms with Gasteiger partial charge in [0.15, 0.2) is 5.69 Å².